The smallest absolute Gasteiger partial charge is 0.217 e. The van der Waals surface area contributed by atoms with E-state index >= 15 is 0 Å². The predicted octanol–water partition coefficient (Wildman–Crippen LogP) is 0.484. The monoisotopic (exact) mass is 126 g/mol. The van der Waals surface area contributed by atoms with Crippen molar-refractivity contribution in [2.45, 2.75) is 26.3 Å². The molecule has 0 aliphatic carbocycles. The normalized spacial score (nSPS) is 32.4. The van der Waals surface area contributed by atoms with Crippen LogP contribution >= 0.6 is 0 Å². The number of nitrogens with one attached hydrogen (secondary N) is 1. The maximum absolute atomic E-state index is 10.2. The van der Waals surface area contributed by atoms with Crippen molar-refractivity contribution in [3.05, 3.63) is 0 Å². The van der Waals surface area contributed by atoms with E-state index in [1.165, 1.54) is 0 Å². The Morgan fingerprint density at radius 3 is 2.56 bits per heavy atom. The summed E-state index contributed by atoms with van der Waals surface area (Å²) in [5.41, 5.74) is 0.127. The molecule has 0 unspecified atom stereocenters. The Labute approximate surface area is 55.6 Å². The first-order valence-corrected chi connectivity index (χ1v) is 3.28. The van der Waals surface area contributed by atoms with E-state index in [1.807, 2.05) is 6.29 Å². The summed E-state index contributed by atoms with van der Waals surface area (Å²) >= 11 is 0. The van der Waals surface area contributed by atoms with Crippen molar-refractivity contribution in [1.29, 1.82) is 0 Å². The number of hydrogen-bond acceptors (Lipinski definition) is 2. The lowest BCUT2D eigenvalue weighted by molar-refractivity contribution is 0.360. The van der Waals surface area contributed by atoms with Crippen LogP contribution in [-0.4, -0.2) is 18.9 Å². The second-order valence-electron chi connectivity index (χ2n) is 3.24. The molecule has 51 valence electrons. The highest BCUT2D eigenvalue weighted by molar-refractivity contribution is 5.60. The van der Waals surface area contributed by atoms with Crippen molar-refractivity contribution >= 4 is 6.29 Å². The average Bonchev–Trinajstić information content (AvgIpc) is 2.08. The predicted molar refractivity (Wildman–Crippen MR) is 35.9 cm³/mol. The van der Waals surface area contributed by atoms with Crippen molar-refractivity contribution in [3.63, 3.8) is 0 Å². The zero-order valence-corrected chi connectivity index (χ0v) is 5.90. The number of rotatable bonds is 1. The van der Waals surface area contributed by atoms with Gasteiger partial charge in [0.25, 0.3) is 0 Å². The summed E-state index contributed by atoms with van der Waals surface area (Å²) in [6.45, 7) is 5.12. The van der Waals surface area contributed by atoms with Crippen molar-refractivity contribution < 1.29 is 4.79 Å². The van der Waals surface area contributed by atoms with Gasteiger partial charge in [-0.2, -0.15) is 0 Å². The lowest BCUT2D eigenvalue weighted by Crippen LogP contribution is -2.33. The van der Waals surface area contributed by atoms with Gasteiger partial charge in [-0.3, -0.25) is 4.79 Å². The third kappa shape index (κ3) is 1.13. The highest BCUT2D eigenvalue weighted by Crippen LogP contribution is 2.27. The second kappa shape index (κ2) is 2.10. The molecule has 0 aromatic heterocycles. The maximum atomic E-state index is 10.2. The molecular weight excluding hydrogens is 114 g/mol. The highest BCUT2D eigenvalue weighted by Gasteiger charge is 2.34. The molecule has 1 heterocycles. The van der Waals surface area contributed by atoms with Gasteiger partial charge in [0.15, 0.2) is 0 Å². The molecule has 0 aromatic rings. The molecule has 0 saturated carbocycles. The molecule has 1 aliphatic heterocycles. The molecule has 2 heteroatoms. The van der Waals surface area contributed by atoms with Gasteiger partial charge in [0.2, 0.25) is 6.29 Å². The molecule has 1 rings (SSSR count). The van der Waals surface area contributed by atoms with Crippen LogP contribution in [0.15, 0.2) is 0 Å². The SMILES string of the molecule is CC1(C)CCN[C@@H]1[C]=O. The van der Waals surface area contributed by atoms with Crippen LogP contribution in [0, 0.1) is 5.41 Å². The maximum Gasteiger partial charge on any atom is 0.217 e. The molecule has 0 amide bonds. The summed E-state index contributed by atoms with van der Waals surface area (Å²) in [7, 11) is 0. The van der Waals surface area contributed by atoms with Gasteiger partial charge in [-0.25, -0.2) is 0 Å². The number of hydrogen-bond donors (Lipinski definition) is 1. The third-order valence-corrected chi connectivity index (χ3v) is 2.02. The van der Waals surface area contributed by atoms with E-state index in [2.05, 4.69) is 19.2 Å². The third-order valence-electron chi connectivity index (χ3n) is 2.02. The first kappa shape index (κ1) is 6.75. The van der Waals surface area contributed by atoms with E-state index in [4.69, 9.17) is 0 Å². The lowest BCUT2D eigenvalue weighted by Gasteiger charge is -2.19. The first-order valence-electron chi connectivity index (χ1n) is 3.28. The van der Waals surface area contributed by atoms with Crippen LogP contribution in [0.2, 0.25) is 0 Å². The van der Waals surface area contributed by atoms with Gasteiger partial charge >= 0.3 is 0 Å². The summed E-state index contributed by atoms with van der Waals surface area (Å²) in [6.07, 6.45) is 3.07. The van der Waals surface area contributed by atoms with E-state index in [1.54, 1.807) is 0 Å². The van der Waals surface area contributed by atoms with Gasteiger partial charge < -0.3 is 5.32 Å². The molecular formula is C7H12NO. The van der Waals surface area contributed by atoms with E-state index in [9.17, 15) is 4.79 Å². The van der Waals surface area contributed by atoms with Gasteiger partial charge in [0, 0.05) is 0 Å². The summed E-state index contributed by atoms with van der Waals surface area (Å²) in [5.74, 6) is 0. The minimum absolute atomic E-state index is 0.0440. The topological polar surface area (TPSA) is 29.1 Å². The zero-order chi connectivity index (χ0) is 6.91. The summed E-state index contributed by atoms with van der Waals surface area (Å²) in [4.78, 5) is 10.2. The van der Waals surface area contributed by atoms with Gasteiger partial charge in [0.05, 0.1) is 6.04 Å². The standard InChI is InChI=1S/C7H12NO/c1-7(2)3-4-8-6(7)5-9/h6,8H,3-4H2,1-2H3/t6-/m1/s1. The fourth-order valence-corrected chi connectivity index (χ4v) is 1.16. The zero-order valence-electron chi connectivity index (χ0n) is 5.90. The van der Waals surface area contributed by atoms with E-state index in [0.29, 0.717) is 0 Å². The van der Waals surface area contributed by atoms with Crippen LogP contribution in [0.3, 0.4) is 0 Å². The summed E-state index contributed by atoms with van der Waals surface area (Å²) in [6, 6.07) is -0.0440. The minimum atomic E-state index is -0.0440. The van der Waals surface area contributed by atoms with Crippen LogP contribution in [0.4, 0.5) is 0 Å². The van der Waals surface area contributed by atoms with Crippen molar-refractivity contribution in [2.75, 3.05) is 6.54 Å². The fourth-order valence-electron chi connectivity index (χ4n) is 1.16. The molecule has 0 spiro atoms. The van der Waals surface area contributed by atoms with Crippen LogP contribution in [0.1, 0.15) is 20.3 Å². The lowest BCUT2D eigenvalue weighted by atomic mass is 9.86. The Balaban J connectivity index is 2.62. The Bertz CT molecular complexity index is 120. The van der Waals surface area contributed by atoms with Crippen molar-refractivity contribution in [3.8, 4) is 0 Å². The highest BCUT2D eigenvalue weighted by atomic mass is 16.1. The van der Waals surface area contributed by atoms with Crippen LogP contribution < -0.4 is 5.32 Å². The molecule has 0 bridgehead atoms. The molecule has 1 radical (unpaired) electrons. The molecule has 1 saturated heterocycles. The van der Waals surface area contributed by atoms with Gasteiger partial charge in [-0.1, -0.05) is 13.8 Å². The first-order chi connectivity index (χ1) is 4.17. The van der Waals surface area contributed by atoms with E-state index in [-0.39, 0.29) is 11.5 Å². The Morgan fingerprint density at radius 1 is 1.67 bits per heavy atom. The molecule has 1 fully saturated rings. The van der Waals surface area contributed by atoms with Crippen LogP contribution in [-0.2, 0) is 4.79 Å². The largest absolute Gasteiger partial charge is 0.307 e. The van der Waals surface area contributed by atoms with Crippen LogP contribution in [0.5, 0.6) is 0 Å². The van der Waals surface area contributed by atoms with Crippen molar-refractivity contribution in [2.24, 2.45) is 5.41 Å². The Hall–Kier alpha value is -0.370. The Morgan fingerprint density at radius 2 is 2.33 bits per heavy atom. The minimum Gasteiger partial charge on any atom is -0.307 e. The number of carbonyl (C=O) groups excluding carboxylic acids is 1. The molecule has 1 aliphatic rings. The molecule has 9 heavy (non-hydrogen) atoms. The summed E-state index contributed by atoms with van der Waals surface area (Å²) in [5, 5.41) is 3.07. The average molecular weight is 126 g/mol. The van der Waals surface area contributed by atoms with Crippen molar-refractivity contribution in [1.82, 2.24) is 5.32 Å². The second-order valence-corrected chi connectivity index (χ2v) is 3.24. The Kier molecular flexibility index (Phi) is 1.58. The molecule has 1 atom stereocenters. The van der Waals surface area contributed by atoms with Crippen LogP contribution in [0.25, 0.3) is 0 Å². The quantitative estimate of drug-likeness (QED) is 0.554. The van der Waals surface area contributed by atoms with Gasteiger partial charge in [-0.05, 0) is 18.4 Å². The van der Waals surface area contributed by atoms with E-state index in [0.717, 1.165) is 13.0 Å². The van der Waals surface area contributed by atoms with Gasteiger partial charge in [0.1, 0.15) is 0 Å². The fraction of sp³-hybridized carbons (Fsp3) is 0.857. The molecule has 2 nitrogen and oxygen atoms in total. The molecule has 1 N–H and O–H groups in total. The molecule has 0 aromatic carbocycles. The van der Waals surface area contributed by atoms with E-state index < -0.39 is 0 Å². The summed E-state index contributed by atoms with van der Waals surface area (Å²) < 4.78 is 0. The van der Waals surface area contributed by atoms with Gasteiger partial charge in [-0.15, -0.1) is 0 Å².